The number of benzene rings is 2. The van der Waals surface area contributed by atoms with Gasteiger partial charge in [-0.05, 0) is 43.5 Å². The molecular weight excluding hydrogens is 350 g/mol. The van der Waals surface area contributed by atoms with Gasteiger partial charge in [-0.3, -0.25) is 4.79 Å². The molecule has 1 heterocycles. The number of piperazine rings is 1. The van der Waals surface area contributed by atoms with Crippen LogP contribution in [0.2, 0.25) is 0 Å². The molecule has 150 valence electrons. The van der Waals surface area contributed by atoms with Gasteiger partial charge in [0, 0.05) is 5.69 Å². The number of carbonyl (C=O) groups excluding carboxylic acids is 1. The van der Waals surface area contributed by atoms with E-state index < -0.39 is 0 Å². The van der Waals surface area contributed by atoms with E-state index in [4.69, 9.17) is 4.74 Å². The van der Waals surface area contributed by atoms with Crippen LogP contribution < -0.4 is 19.9 Å². The van der Waals surface area contributed by atoms with Crippen molar-refractivity contribution < 1.29 is 14.4 Å². The van der Waals surface area contributed by atoms with Crippen molar-refractivity contribution in [3.8, 4) is 5.75 Å². The van der Waals surface area contributed by atoms with E-state index in [0.29, 0.717) is 13.2 Å². The van der Waals surface area contributed by atoms with Crippen molar-refractivity contribution in [1.29, 1.82) is 0 Å². The van der Waals surface area contributed by atoms with Crippen molar-refractivity contribution >= 4 is 17.3 Å². The van der Waals surface area contributed by atoms with E-state index in [1.54, 1.807) is 0 Å². The summed E-state index contributed by atoms with van der Waals surface area (Å²) >= 11 is 0. The lowest BCUT2D eigenvalue weighted by atomic mass is 10.1. The number of anilines is 2. The van der Waals surface area contributed by atoms with Gasteiger partial charge in [-0.25, -0.2) is 0 Å². The van der Waals surface area contributed by atoms with Gasteiger partial charge in [-0.2, -0.15) is 0 Å². The molecule has 5 heteroatoms. The second-order valence-corrected chi connectivity index (χ2v) is 7.33. The van der Waals surface area contributed by atoms with Gasteiger partial charge in [0.1, 0.15) is 5.75 Å². The van der Waals surface area contributed by atoms with E-state index in [1.165, 1.54) is 10.5 Å². The molecule has 0 aliphatic carbocycles. The predicted molar refractivity (Wildman–Crippen MR) is 115 cm³/mol. The van der Waals surface area contributed by atoms with E-state index in [-0.39, 0.29) is 5.91 Å². The summed E-state index contributed by atoms with van der Waals surface area (Å²) in [6.07, 6.45) is 0.919. The molecule has 2 N–H and O–H groups in total. The quantitative estimate of drug-likeness (QED) is 0.772. The number of nitrogens with one attached hydrogen (secondary N) is 2. The van der Waals surface area contributed by atoms with Crippen molar-refractivity contribution in [3.63, 3.8) is 0 Å². The number of hydrogen-bond donors (Lipinski definition) is 2. The molecule has 3 rings (SSSR count). The van der Waals surface area contributed by atoms with Crippen LogP contribution >= 0.6 is 0 Å². The Morgan fingerprint density at radius 3 is 2.57 bits per heavy atom. The minimum absolute atomic E-state index is 0.0992. The Morgan fingerprint density at radius 2 is 1.86 bits per heavy atom. The first-order valence-electron chi connectivity index (χ1n) is 10.3. The molecule has 0 bridgehead atoms. The minimum atomic E-state index is 0.0992. The standard InChI is InChI=1S/C23H31N3O2/c1-4-19-10-8-9-18(3)23(19)24-22(27)17-25-13-15-26(16-14-25)20-11-6-7-12-21(20)28-5-2/h6-12H,4-5,13-17H2,1-3H3,(H,24,27)/p+1. The molecule has 1 aliphatic rings. The first-order valence-corrected chi connectivity index (χ1v) is 10.3. The zero-order valence-electron chi connectivity index (χ0n) is 17.3. The molecule has 28 heavy (non-hydrogen) atoms. The molecule has 0 unspecified atom stereocenters. The topological polar surface area (TPSA) is 46.0 Å². The lowest BCUT2D eigenvalue weighted by molar-refractivity contribution is -0.892. The first-order chi connectivity index (χ1) is 13.6. The van der Waals surface area contributed by atoms with Crippen LogP contribution in [-0.4, -0.2) is 45.2 Å². The smallest absolute Gasteiger partial charge is 0.279 e. The largest absolute Gasteiger partial charge is 0.492 e. The van der Waals surface area contributed by atoms with E-state index in [9.17, 15) is 4.79 Å². The van der Waals surface area contributed by atoms with Gasteiger partial charge in [-0.1, -0.05) is 37.3 Å². The number of rotatable bonds is 7. The van der Waals surface area contributed by atoms with Crippen LogP contribution in [0.15, 0.2) is 42.5 Å². The maximum Gasteiger partial charge on any atom is 0.279 e. The van der Waals surface area contributed by atoms with E-state index in [1.807, 2.05) is 25.1 Å². The highest BCUT2D eigenvalue weighted by molar-refractivity contribution is 5.93. The van der Waals surface area contributed by atoms with Crippen LogP contribution in [0.4, 0.5) is 11.4 Å². The normalized spacial score (nSPS) is 14.8. The van der Waals surface area contributed by atoms with Crippen LogP contribution in [0.1, 0.15) is 25.0 Å². The molecule has 1 aliphatic heterocycles. The highest BCUT2D eigenvalue weighted by atomic mass is 16.5. The van der Waals surface area contributed by atoms with Gasteiger partial charge in [0.15, 0.2) is 6.54 Å². The molecule has 0 aromatic heterocycles. The average Bonchev–Trinajstić information content (AvgIpc) is 2.71. The number of ether oxygens (including phenoxy) is 1. The Labute approximate surface area is 168 Å². The fraction of sp³-hybridized carbons (Fsp3) is 0.435. The molecule has 1 fully saturated rings. The third kappa shape index (κ3) is 4.84. The number of hydrogen-bond acceptors (Lipinski definition) is 3. The van der Waals surface area contributed by atoms with Crippen LogP contribution in [0.5, 0.6) is 5.75 Å². The molecule has 0 spiro atoms. The highest BCUT2D eigenvalue weighted by Gasteiger charge is 2.24. The molecule has 5 nitrogen and oxygen atoms in total. The van der Waals surface area contributed by atoms with Crippen molar-refractivity contribution in [2.45, 2.75) is 27.2 Å². The highest BCUT2D eigenvalue weighted by Crippen LogP contribution is 2.27. The molecule has 0 atom stereocenters. The fourth-order valence-electron chi connectivity index (χ4n) is 3.85. The third-order valence-electron chi connectivity index (χ3n) is 5.39. The van der Waals surface area contributed by atoms with Crippen molar-refractivity contribution in [3.05, 3.63) is 53.6 Å². The van der Waals surface area contributed by atoms with Gasteiger partial charge >= 0.3 is 0 Å². The third-order valence-corrected chi connectivity index (χ3v) is 5.39. The molecule has 0 radical (unpaired) electrons. The van der Waals surface area contributed by atoms with Gasteiger partial charge < -0.3 is 19.9 Å². The second-order valence-electron chi connectivity index (χ2n) is 7.33. The maximum atomic E-state index is 12.6. The fourth-order valence-corrected chi connectivity index (χ4v) is 3.85. The summed E-state index contributed by atoms with van der Waals surface area (Å²) in [5.74, 6) is 1.04. The van der Waals surface area contributed by atoms with Crippen LogP contribution in [0, 0.1) is 6.92 Å². The summed E-state index contributed by atoms with van der Waals surface area (Å²) in [7, 11) is 0. The lowest BCUT2D eigenvalue weighted by Crippen LogP contribution is -3.15. The average molecular weight is 383 g/mol. The predicted octanol–water partition coefficient (Wildman–Crippen LogP) is 2.30. The number of carbonyl (C=O) groups is 1. The number of quaternary nitrogens is 1. The lowest BCUT2D eigenvalue weighted by Gasteiger charge is -2.34. The molecule has 1 amide bonds. The summed E-state index contributed by atoms with van der Waals surface area (Å²) < 4.78 is 5.77. The molecule has 1 saturated heterocycles. The Hall–Kier alpha value is -2.53. The number of aryl methyl sites for hydroxylation is 2. The number of nitrogens with zero attached hydrogens (tertiary/aromatic N) is 1. The van der Waals surface area contributed by atoms with Crippen molar-refractivity contribution in [2.75, 3.05) is 49.5 Å². The Bertz CT molecular complexity index is 798. The van der Waals surface area contributed by atoms with Crippen molar-refractivity contribution in [2.24, 2.45) is 0 Å². The van der Waals surface area contributed by atoms with Crippen LogP contribution in [0.25, 0.3) is 0 Å². The second kappa shape index (κ2) is 9.60. The number of amides is 1. The van der Waals surface area contributed by atoms with Crippen LogP contribution in [-0.2, 0) is 11.2 Å². The SMILES string of the molecule is CCOc1ccccc1N1CC[NH+](CC(=O)Nc2c(C)cccc2CC)CC1. The molecular formula is C23H32N3O2+. The Balaban J connectivity index is 1.56. The maximum absolute atomic E-state index is 12.6. The van der Waals surface area contributed by atoms with Crippen LogP contribution in [0.3, 0.4) is 0 Å². The molecule has 2 aromatic carbocycles. The summed E-state index contributed by atoms with van der Waals surface area (Å²) in [6.45, 7) is 11.1. The monoisotopic (exact) mass is 382 g/mol. The summed E-state index contributed by atoms with van der Waals surface area (Å²) in [5, 5.41) is 3.15. The van der Waals surface area contributed by atoms with Gasteiger partial charge in [0.2, 0.25) is 0 Å². The summed E-state index contributed by atoms with van der Waals surface area (Å²) in [4.78, 5) is 16.3. The van der Waals surface area contributed by atoms with E-state index in [2.05, 4.69) is 48.3 Å². The first kappa shape index (κ1) is 20.2. The number of para-hydroxylation sites is 3. The molecule has 2 aromatic rings. The van der Waals surface area contributed by atoms with E-state index >= 15 is 0 Å². The van der Waals surface area contributed by atoms with E-state index in [0.717, 1.165) is 55.3 Å². The summed E-state index contributed by atoms with van der Waals surface area (Å²) in [6, 6.07) is 14.4. The zero-order chi connectivity index (χ0) is 19.9. The van der Waals surface area contributed by atoms with Crippen molar-refractivity contribution in [1.82, 2.24) is 0 Å². The van der Waals surface area contributed by atoms with Gasteiger partial charge in [0.25, 0.3) is 5.91 Å². The van der Waals surface area contributed by atoms with Gasteiger partial charge in [0.05, 0.1) is 38.5 Å². The molecule has 0 saturated carbocycles. The zero-order valence-corrected chi connectivity index (χ0v) is 17.3. The Morgan fingerprint density at radius 1 is 1.11 bits per heavy atom. The Kier molecular flexibility index (Phi) is 6.93. The van der Waals surface area contributed by atoms with Gasteiger partial charge in [-0.15, -0.1) is 0 Å². The summed E-state index contributed by atoms with van der Waals surface area (Å²) in [5.41, 5.74) is 4.46. The minimum Gasteiger partial charge on any atom is -0.492 e.